The highest BCUT2D eigenvalue weighted by Crippen LogP contribution is 2.44. The maximum Gasteiger partial charge on any atom is 0.114 e. The zero-order valence-electron chi connectivity index (χ0n) is 8.31. The van der Waals surface area contributed by atoms with E-state index in [4.69, 9.17) is 5.73 Å². The number of nitrogens with two attached hydrogens (primary N) is 1. The zero-order valence-corrected chi connectivity index (χ0v) is 9.13. The lowest BCUT2D eigenvalue weighted by molar-refractivity contribution is 1.09. The Balaban J connectivity index is 2.04. The maximum absolute atomic E-state index is 5.99. The van der Waals surface area contributed by atoms with E-state index in [9.17, 15) is 0 Å². The van der Waals surface area contributed by atoms with Gasteiger partial charge in [-0.25, -0.2) is 4.98 Å². The van der Waals surface area contributed by atoms with Crippen LogP contribution in [-0.4, -0.2) is 4.98 Å². The summed E-state index contributed by atoms with van der Waals surface area (Å²) in [5.74, 6) is 0.690. The molecular formula is C12H12N2S. The van der Waals surface area contributed by atoms with Crippen LogP contribution in [-0.2, 0) is 0 Å². The highest BCUT2D eigenvalue weighted by atomic mass is 32.1. The molecule has 1 aliphatic carbocycles. The molecule has 1 aromatic carbocycles. The highest BCUT2D eigenvalue weighted by molar-refractivity contribution is 7.16. The molecule has 15 heavy (non-hydrogen) atoms. The smallest absolute Gasteiger partial charge is 0.114 e. The molecule has 0 atom stereocenters. The van der Waals surface area contributed by atoms with Gasteiger partial charge in [0, 0.05) is 11.5 Å². The average molecular weight is 216 g/mol. The first-order valence-corrected chi connectivity index (χ1v) is 5.98. The molecule has 1 saturated carbocycles. The van der Waals surface area contributed by atoms with Gasteiger partial charge in [-0.1, -0.05) is 30.3 Å². The number of thiazole rings is 1. The number of hydrogen-bond donors (Lipinski definition) is 1. The van der Waals surface area contributed by atoms with Gasteiger partial charge in [0.15, 0.2) is 0 Å². The van der Waals surface area contributed by atoms with E-state index in [1.807, 2.05) is 18.2 Å². The summed E-state index contributed by atoms with van der Waals surface area (Å²) in [5, 5.41) is 2.06. The van der Waals surface area contributed by atoms with Crippen LogP contribution in [0.3, 0.4) is 0 Å². The summed E-state index contributed by atoms with van der Waals surface area (Å²) in [6.45, 7) is 0. The van der Waals surface area contributed by atoms with Crippen molar-refractivity contribution in [1.82, 2.24) is 4.98 Å². The monoisotopic (exact) mass is 216 g/mol. The van der Waals surface area contributed by atoms with Crippen molar-refractivity contribution in [2.75, 3.05) is 5.73 Å². The summed E-state index contributed by atoms with van der Waals surface area (Å²) in [5.41, 5.74) is 8.08. The van der Waals surface area contributed by atoms with Crippen LogP contribution in [0.15, 0.2) is 30.3 Å². The number of benzene rings is 1. The lowest BCUT2D eigenvalue weighted by Gasteiger charge is -1.96. The minimum atomic E-state index is 0.690. The topological polar surface area (TPSA) is 38.9 Å². The molecule has 2 nitrogen and oxygen atoms in total. The third kappa shape index (κ3) is 1.63. The summed E-state index contributed by atoms with van der Waals surface area (Å²) in [7, 11) is 0. The molecule has 76 valence electrons. The Morgan fingerprint density at radius 3 is 2.60 bits per heavy atom. The highest BCUT2D eigenvalue weighted by Gasteiger charge is 2.28. The van der Waals surface area contributed by atoms with Gasteiger partial charge in [-0.05, 0) is 12.8 Å². The fourth-order valence-electron chi connectivity index (χ4n) is 1.66. The molecule has 0 amide bonds. The fraction of sp³-hybridized carbons (Fsp3) is 0.250. The Morgan fingerprint density at radius 1 is 1.20 bits per heavy atom. The molecule has 1 heterocycles. The van der Waals surface area contributed by atoms with Crippen molar-refractivity contribution < 1.29 is 0 Å². The van der Waals surface area contributed by atoms with Crippen LogP contribution in [0.1, 0.15) is 23.8 Å². The van der Waals surface area contributed by atoms with Crippen molar-refractivity contribution in [3.63, 3.8) is 0 Å². The van der Waals surface area contributed by atoms with Crippen LogP contribution in [0.25, 0.3) is 11.3 Å². The van der Waals surface area contributed by atoms with E-state index in [2.05, 4.69) is 17.1 Å². The van der Waals surface area contributed by atoms with Gasteiger partial charge in [-0.3, -0.25) is 0 Å². The van der Waals surface area contributed by atoms with Crippen molar-refractivity contribution in [3.8, 4) is 11.3 Å². The van der Waals surface area contributed by atoms with Gasteiger partial charge >= 0.3 is 0 Å². The minimum Gasteiger partial charge on any atom is -0.389 e. The van der Waals surface area contributed by atoms with E-state index in [0.29, 0.717) is 5.92 Å². The Hall–Kier alpha value is -1.35. The Labute approximate surface area is 92.8 Å². The summed E-state index contributed by atoms with van der Waals surface area (Å²) >= 11 is 1.65. The van der Waals surface area contributed by atoms with E-state index in [1.54, 1.807) is 11.3 Å². The first-order chi connectivity index (χ1) is 7.34. The summed E-state index contributed by atoms with van der Waals surface area (Å²) in [4.78, 5) is 4.64. The lowest BCUT2D eigenvalue weighted by atomic mass is 10.2. The van der Waals surface area contributed by atoms with Gasteiger partial charge < -0.3 is 5.73 Å². The van der Waals surface area contributed by atoms with Crippen molar-refractivity contribution in [2.45, 2.75) is 18.8 Å². The van der Waals surface area contributed by atoms with E-state index < -0.39 is 0 Å². The molecule has 0 radical (unpaired) electrons. The Bertz CT molecular complexity index is 472. The second kappa shape index (κ2) is 3.35. The molecule has 1 aromatic heterocycles. The molecule has 1 fully saturated rings. The van der Waals surface area contributed by atoms with E-state index in [-0.39, 0.29) is 0 Å². The molecule has 0 aliphatic heterocycles. The predicted molar refractivity (Wildman–Crippen MR) is 63.9 cm³/mol. The minimum absolute atomic E-state index is 0.690. The average Bonchev–Trinajstić information content (AvgIpc) is 3.04. The summed E-state index contributed by atoms with van der Waals surface area (Å²) < 4.78 is 0. The van der Waals surface area contributed by atoms with Crippen LogP contribution < -0.4 is 5.73 Å². The number of nitrogen functional groups attached to an aromatic ring is 1. The quantitative estimate of drug-likeness (QED) is 0.836. The molecule has 2 aromatic rings. The Morgan fingerprint density at radius 2 is 1.93 bits per heavy atom. The maximum atomic E-state index is 5.99. The normalized spacial score (nSPS) is 15.5. The zero-order chi connectivity index (χ0) is 10.3. The molecule has 0 spiro atoms. The standard InChI is InChI=1S/C12H12N2S/c13-11-10(8-4-2-1-3-5-8)14-12(15-11)9-6-7-9/h1-5,9H,6-7,13H2. The van der Waals surface area contributed by atoms with Crippen molar-refractivity contribution in [2.24, 2.45) is 0 Å². The number of anilines is 1. The molecule has 3 heteroatoms. The van der Waals surface area contributed by atoms with Gasteiger partial charge in [-0.15, -0.1) is 11.3 Å². The van der Waals surface area contributed by atoms with E-state index >= 15 is 0 Å². The van der Waals surface area contributed by atoms with E-state index in [0.717, 1.165) is 16.3 Å². The SMILES string of the molecule is Nc1sc(C2CC2)nc1-c1ccccc1. The predicted octanol–water partition coefficient (Wildman–Crippen LogP) is 3.27. The first-order valence-electron chi connectivity index (χ1n) is 5.16. The largest absolute Gasteiger partial charge is 0.389 e. The molecule has 2 N–H and O–H groups in total. The van der Waals surface area contributed by atoms with Crippen LogP contribution in [0.2, 0.25) is 0 Å². The fourth-order valence-corrected chi connectivity index (χ4v) is 2.68. The van der Waals surface area contributed by atoms with Crippen LogP contribution in [0.4, 0.5) is 5.00 Å². The lowest BCUT2D eigenvalue weighted by Crippen LogP contribution is -1.85. The second-order valence-electron chi connectivity index (χ2n) is 3.91. The van der Waals surface area contributed by atoms with Crippen molar-refractivity contribution in [1.29, 1.82) is 0 Å². The van der Waals surface area contributed by atoms with E-state index in [1.165, 1.54) is 17.8 Å². The van der Waals surface area contributed by atoms with Crippen LogP contribution >= 0.6 is 11.3 Å². The molecule has 1 aliphatic rings. The molecule has 0 unspecified atom stereocenters. The van der Waals surface area contributed by atoms with Gasteiger partial charge in [0.2, 0.25) is 0 Å². The van der Waals surface area contributed by atoms with Crippen molar-refractivity contribution in [3.05, 3.63) is 35.3 Å². The first kappa shape index (κ1) is 8.92. The van der Waals surface area contributed by atoms with Gasteiger partial charge in [0.1, 0.15) is 10.7 Å². The number of hydrogen-bond acceptors (Lipinski definition) is 3. The number of aromatic nitrogens is 1. The van der Waals surface area contributed by atoms with Crippen LogP contribution in [0.5, 0.6) is 0 Å². The Kier molecular flexibility index (Phi) is 1.99. The number of nitrogens with zero attached hydrogens (tertiary/aromatic N) is 1. The van der Waals surface area contributed by atoms with Gasteiger partial charge in [-0.2, -0.15) is 0 Å². The molecular weight excluding hydrogens is 204 g/mol. The number of rotatable bonds is 2. The molecule has 0 saturated heterocycles. The van der Waals surface area contributed by atoms with Crippen molar-refractivity contribution >= 4 is 16.3 Å². The third-order valence-corrected chi connectivity index (χ3v) is 3.69. The molecule has 0 bridgehead atoms. The molecule has 3 rings (SSSR count). The van der Waals surface area contributed by atoms with Gasteiger partial charge in [0.05, 0.1) is 5.01 Å². The third-order valence-electron chi connectivity index (χ3n) is 2.64. The van der Waals surface area contributed by atoms with Gasteiger partial charge in [0.25, 0.3) is 0 Å². The summed E-state index contributed by atoms with van der Waals surface area (Å²) in [6, 6.07) is 10.2. The van der Waals surface area contributed by atoms with Crippen LogP contribution in [0, 0.1) is 0 Å². The summed E-state index contributed by atoms with van der Waals surface area (Å²) in [6.07, 6.45) is 2.56. The second-order valence-corrected chi connectivity index (χ2v) is 4.97.